The summed E-state index contributed by atoms with van der Waals surface area (Å²) in [6.07, 6.45) is 3.39. The van der Waals surface area contributed by atoms with E-state index in [1.165, 1.54) is 0 Å². The van der Waals surface area contributed by atoms with Gasteiger partial charge >= 0.3 is 0 Å². The van der Waals surface area contributed by atoms with Crippen LogP contribution in [0.5, 0.6) is 5.75 Å². The molecule has 1 aliphatic heterocycles. The molecule has 1 fully saturated rings. The minimum atomic E-state index is 0.00581. The van der Waals surface area contributed by atoms with Crippen molar-refractivity contribution < 1.29 is 14.1 Å². The molecule has 2 atom stereocenters. The Hall–Kier alpha value is -3.22. The normalized spacial score (nSPS) is 19.0. The van der Waals surface area contributed by atoms with Crippen LogP contribution in [0.2, 0.25) is 0 Å². The number of benzene rings is 1. The van der Waals surface area contributed by atoms with Gasteiger partial charge in [0, 0.05) is 36.6 Å². The molecule has 144 valence electrons. The third-order valence-electron chi connectivity index (χ3n) is 5.01. The van der Waals surface area contributed by atoms with E-state index in [4.69, 9.17) is 9.26 Å². The molecule has 7 nitrogen and oxygen atoms in total. The second kappa shape index (κ2) is 7.80. The minimum Gasteiger partial charge on any atom is -0.494 e. The van der Waals surface area contributed by atoms with Crippen LogP contribution in [-0.4, -0.2) is 45.6 Å². The molecular formula is C21H22N4O3. The van der Waals surface area contributed by atoms with E-state index in [1.807, 2.05) is 36.1 Å². The highest BCUT2D eigenvalue weighted by atomic mass is 16.5. The van der Waals surface area contributed by atoms with Crippen molar-refractivity contribution in [2.24, 2.45) is 5.92 Å². The van der Waals surface area contributed by atoms with Crippen LogP contribution >= 0.6 is 0 Å². The van der Waals surface area contributed by atoms with Gasteiger partial charge in [-0.25, -0.2) is 0 Å². The van der Waals surface area contributed by atoms with Crippen molar-refractivity contribution in [2.75, 3.05) is 19.7 Å². The number of ether oxygens (including phenoxy) is 1. The summed E-state index contributed by atoms with van der Waals surface area (Å²) in [4.78, 5) is 23.3. The number of carbonyl (C=O) groups is 1. The highest BCUT2D eigenvalue weighted by molar-refractivity contribution is 5.94. The van der Waals surface area contributed by atoms with Crippen LogP contribution in [0.25, 0.3) is 11.4 Å². The first-order valence-corrected chi connectivity index (χ1v) is 9.42. The predicted molar refractivity (Wildman–Crippen MR) is 103 cm³/mol. The summed E-state index contributed by atoms with van der Waals surface area (Å²) in [6, 6.07) is 10.9. The second-order valence-corrected chi connectivity index (χ2v) is 6.94. The maximum absolute atomic E-state index is 12.9. The van der Waals surface area contributed by atoms with E-state index < -0.39 is 0 Å². The molecule has 28 heavy (non-hydrogen) atoms. The van der Waals surface area contributed by atoms with E-state index in [-0.39, 0.29) is 17.7 Å². The third kappa shape index (κ3) is 3.60. The van der Waals surface area contributed by atoms with E-state index >= 15 is 0 Å². The number of rotatable bonds is 5. The van der Waals surface area contributed by atoms with Gasteiger partial charge in [-0.3, -0.25) is 9.78 Å². The molecule has 2 aromatic heterocycles. The van der Waals surface area contributed by atoms with Crippen molar-refractivity contribution in [2.45, 2.75) is 19.8 Å². The highest BCUT2D eigenvalue weighted by Gasteiger charge is 2.37. The number of likely N-dealkylation sites (tertiary alicyclic amines) is 1. The number of hydrogen-bond donors (Lipinski definition) is 0. The molecule has 0 radical (unpaired) electrons. The van der Waals surface area contributed by atoms with Gasteiger partial charge in [-0.2, -0.15) is 4.98 Å². The van der Waals surface area contributed by atoms with Gasteiger partial charge in [-0.1, -0.05) is 12.1 Å². The van der Waals surface area contributed by atoms with E-state index in [0.29, 0.717) is 37.0 Å². The van der Waals surface area contributed by atoms with Gasteiger partial charge in [-0.05, 0) is 49.2 Å². The summed E-state index contributed by atoms with van der Waals surface area (Å²) in [5.41, 5.74) is 1.51. The van der Waals surface area contributed by atoms with Crippen LogP contribution in [0.15, 0.2) is 53.3 Å². The zero-order chi connectivity index (χ0) is 19.5. The fraction of sp³-hybridized carbons (Fsp3) is 0.333. The molecule has 3 aromatic rings. The van der Waals surface area contributed by atoms with Crippen LogP contribution in [-0.2, 0) is 0 Å². The lowest BCUT2D eigenvalue weighted by Crippen LogP contribution is -2.28. The Kier molecular flexibility index (Phi) is 5.06. The summed E-state index contributed by atoms with van der Waals surface area (Å²) >= 11 is 0. The fourth-order valence-corrected chi connectivity index (χ4v) is 3.50. The Morgan fingerprint density at radius 1 is 1.18 bits per heavy atom. The van der Waals surface area contributed by atoms with Gasteiger partial charge in [-0.15, -0.1) is 0 Å². The SMILES string of the molecule is CCOc1ccc(C(=O)N2C[C@H](c3nc(-c4ccncc4)no3)[C@@H](C)C2)cc1. The van der Waals surface area contributed by atoms with Crippen molar-refractivity contribution in [3.63, 3.8) is 0 Å². The molecule has 3 heterocycles. The zero-order valence-corrected chi connectivity index (χ0v) is 15.9. The monoisotopic (exact) mass is 378 g/mol. The summed E-state index contributed by atoms with van der Waals surface area (Å²) in [5, 5.41) is 4.09. The Bertz CT molecular complexity index is 940. The molecule has 1 aliphatic rings. The molecule has 7 heteroatoms. The summed E-state index contributed by atoms with van der Waals surface area (Å²) in [6.45, 7) is 5.86. The largest absolute Gasteiger partial charge is 0.494 e. The standard InChI is InChI=1S/C21H22N4O3/c1-3-27-17-6-4-16(5-7-17)21(26)25-12-14(2)18(13-25)20-23-19(24-28-20)15-8-10-22-11-9-15/h4-11,14,18H,3,12-13H2,1-2H3/t14-,18-/m0/s1. The van der Waals surface area contributed by atoms with Gasteiger partial charge < -0.3 is 14.2 Å². The molecule has 1 aromatic carbocycles. The topological polar surface area (TPSA) is 81.4 Å². The predicted octanol–water partition coefficient (Wildman–Crippen LogP) is 3.41. The number of hydrogen-bond acceptors (Lipinski definition) is 6. The zero-order valence-electron chi connectivity index (χ0n) is 15.9. The maximum Gasteiger partial charge on any atom is 0.253 e. The molecule has 0 bridgehead atoms. The number of amides is 1. The Labute approximate surface area is 163 Å². The lowest BCUT2D eigenvalue weighted by molar-refractivity contribution is 0.0786. The van der Waals surface area contributed by atoms with Gasteiger partial charge in [0.15, 0.2) is 0 Å². The van der Waals surface area contributed by atoms with E-state index in [9.17, 15) is 4.79 Å². The molecule has 0 aliphatic carbocycles. The molecule has 0 saturated carbocycles. The number of aromatic nitrogens is 3. The van der Waals surface area contributed by atoms with Crippen molar-refractivity contribution in [3.8, 4) is 17.1 Å². The summed E-state index contributed by atoms with van der Waals surface area (Å²) < 4.78 is 11.0. The molecule has 0 spiro atoms. The smallest absolute Gasteiger partial charge is 0.253 e. The third-order valence-corrected chi connectivity index (χ3v) is 5.01. The Balaban J connectivity index is 1.47. The Morgan fingerprint density at radius 2 is 1.93 bits per heavy atom. The quantitative estimate of drug-likeness (QED) is 0.677. The first kappa shape index (κ1) is 18.2. The Morgan fingerprint density at radius 3 is 2.64 bits per heavy atom. The van der Waals surface area contributed by atoms with Gasteiger partial charge in [0.05, 0.1) is 12.5 Å². The van der Waals surface area contributed by atoms with E-state index in [1.54, 1.807) is 24.5 Å². The lowest BCUT2D eigenvalue weighted by Gasteiger charge is -2.16. The summed E-state index contributed by atoms with van der Waals surface area (Å²) in [5.74, 6) is 2.14. The first-order valence-electron chi connectivity index (χ1n) is 9.42. The molecule has 1 saturated heterocycles. The van der Waals surface area contributed by atoms with Crippen molar-refractivity contribution >= 4 is 5.91 Å². The molecular weight excluding hydrogens is 356 g/mol. The number of nitrogens with zero attached hydrogens (tertiary/aromatic N) is 4. The van der Waals surface area contributed by atoms with Crippen LogP contribution in [0, 0.1) is 5.92 Å². The highest BCUT2D eigenvalue weighted by Crippen LogP contribution is 2.33. The van der Waals surface area contributed by atoms with Gasteiger partial charge in [0.2, 0.25) is 11.7 Å². The second-order valence-electron chi connectivity index (χ2n) is 6.94. The van der Waals surface area contributed by atoms with Gasteiger partial charge in [0.25, 0.3) is 5.91 Å². The van der Waals surface area contributed by atoms with E-state index in [2.05, 4.69) is 22.0 Å². The summed E-state index contributed by atoms with van der Waals surface area (Å²) in [7, 11) is 0. The van der Waals surface area contributed by atoms with Crippen molar-refractivity contribution in [3.05, 3.63) is 60.2 Å². The average molecular weight is 378 g/mol. The van der Waals surface area contributed by atoms with E-state index in [0.717, 1.165) is 11.3 Å². The first-order chi connectivity index (χ1) is 13.7. The average Bonchev–Trinajstić information content (AvgIpc) is 3.36. The lowest BCUT2D eigenvalue weighted by atomic mass is 9.98. The van der Waals surface area contributed by atoms with Gasteiger partial charge in [0.1, 0.15) is 5.75 Å². The van der Waals surface area contributed by atoms with Crippen LogP contribution in [0.3, 0.4) is 0 Å². The van der Waals surface area contributed by atoms with Crippen LogP contribution in [0.4, 0.5) is 0 Å². The van der Waals surface area contributed by atoms with Crippen molar-refractivity contribution in [1.29, 1.82) is 0 Å². The molecule has 0 N–H and O–H groups in total. The van der Waals surface area contributed by atoms with Crippen molar-refractivity contribution in [1.82, 2.24) is 20.0 Å². The number of pyridine rings is 1. The minimum absolute atomic E-state index is 0.00581. The maximum atomic E-state index is 12.9. The van der Waals surface area contributed by atoms with Crippen LogP contribution in [0.1, 0.15) is 36.0 Å². The molecule has 1 amide bonds. The molecule has 4 rings (SSSR count). The van der Waals surface area contributed by atoms with Crippen LogP contribution < -0.4 is 4.74 Å². The number of carbonyl (C=O) groups excluding carboxylic acids is 1. The fourth-order valence-electron chi connectivity index (χ4n) is 3.50. The molecule has 0 unspecified atom stereocenters.